The zero-order valence-corrected chi connectivity index (χ0v) is 16.1. The van der Waals surface area contributed by atoms with Crippen LogP contribution in [0.2, 0.25) is 5.02 Å². The van der Waals surface area contributed by atoms with E-state index >= 15 is 0 Å². The van der Waals surface area contributed by atoms with Gasteiger partial charge >= 0.3 is 5.97 Å². The molecule has 28 heavy (non-hydrogen) atoms. The lowest BCUT2D eigenvalue weighted by Crippen LogP contribution is -2.45. The predicted molar refractivity (Wildman–Crippen MR) is 99.9 cm³/mol. The molecule has 0 unspecified atom stereocenters. The van der Waals surface area contributed by atoms with Gasteiger partial charge in [-0.25, -0.2) is 9.18 Å². The van der Waals surface area contributed by atoms with Gasteiger partial charge in [0.25, 0.3) is 5.91 Å². The fourth-order valence-corrected chi connectivity index (χ4v) is 3.00. The van der Waals surface area contributed by atoms with Crippen molar-refractivity contribution in [1.82, 2.24) is 5.32 Å². The molecule has 2 aromatic carbocycles. The van der Waals surface area contributed by atoms with Crippen molar-refractivity contribution in [2.45, 2.75) is 26.5 Å². The van der Waals surface area contributed by atoms with Crippen LogP contribution in [0.5, 0.6) is 11.5 Å². The average molecular weight is 408 g/mol. The molecule has 0 saturated heterocycles. The van der Waals surface area contributed by atoms with Gasteiger partial charge in [-0.05, 0) is 35.7 Å². The molecule has 6 nitrogen and oxygen atoms in total. The highest BCUT2D eigenvalue weighted by molar-refractivity contribution is 6.32. The second kappa shape index (κ2) is 8.48. The monoisotopic (exact) mass is 407 g/mol. The first-order valence-corrected chi connectivity index (χ1v) is 9.04. The van der Waals surface area contributed by atoms with Gasteiger partial charge in [0.15, 0.2) is 11.5 Å². The fourth-order valence-electron chi connectivity index (χ4n) is 2.71. The molecule has 0 aromatic heterocycles. The molecule has 1 atom stereocenters. The molecule has 0 radical (unpaired) electrons. The van der Waals surface area contributed by atoms with Crippen molar-refractivity contribution in [3.8, 4) is 11.5 Å². The highest BCUT2D eigenvalue weighted by Gasteiger charge is 2.27. The van der Waals surface area contributed by atoms with Gasteiger partial charge in [-0.15, -0.1) is 0 Å². The van der Waals surface area contributed by atoms with Crippen molar-refractivity contribution in [3.63, 3.8) is 0 Å². The lowest BCUT2D eigenvalue weighted by atomic mass is 10.0. The summed E-state index contributed by atoms with van der Waals surface area (Å²) in [5, 5.41) is 2.89. The summed E-state index contributed by atoms with van der Waals surface area (Å²) < 4.78 is 29.6. The molecule has 1 amide bonds. The Morgan fingerprint density at radius 3 is 2.71 bits per heavy atom. The van der Waals surface area contributed by atoms with Gasteiger partial charge in [0.05, 0.1) is 10.6 Å². The van der Waals surface area contributed by atoms with Crippen LogP contribution < -0.4 is 14.8 Å². The largest absolute Gasteiger partial charge is 0.459 e. The van der Waals surface area contributed by atoms with Crippen molar-refractivity contribution < 1.29 is 28.2 Å². The highest BCUT2D eigenvalue weighted by Crippen LogP contribution is 2.39. The number of fused-ring (bicyclic) bond motifs is 1. The Hall–Kier alpha value is -2.80. The molecule has 2 aromatic rings. The number of rotatable bonds is 6. The van der Waals surface area contributed by atoms with Crippen molar-refractivity contribution in [2.24, 2.45) is 5.92 Å². The third-order valence-electron chi connectivity index (χ3n) is 4.19. The van der Waals surface area contributed by atoms with Gasteiger partial charge in [-0.1, -0.05) is 37.6 Å². The summed E-state index contributed by atoms with van der Waals surface area (Å²) in [5.74, 6) is -1.30. The van der Waals surface area contributed by atoms with Crippen molar-refractivity contribution in [1.29, 1.82) is 0 Å². The molecule has 3 rings (SSSR count). The molecule has 0 saturated carbocycles. The van der Waals surface area contributed by atoms with E-state index in [1.54, 1.807) is 32.0 Å². The molecule has 0 fully saturated rings. The van der Waals surface area contributed by atoms with Crippen molar-refractivity contribution in [2.75, 3.05) is 6.79 Å². The van der Waals surface area contributed by atoms with Gasteiger partial charge in [-0.3, -0.25) is 4.79 Å². The Morgan fingerprint density at radius 2 is 2.00 bits per heavy atom. The number of carbonyl (C=O) groups is 2. The number of halogens is 2. The van der Waals surface area contributed by atoms with E-state index in [-0.39, 0.29) is 24.9 Å². The third kappa shape index (κ3) is 4.36. The zero-order valence-electron chi connectivity index (χ0n) is 15.3. The Balaban J connectivity index is 1.66. The molecule has 8 heteroatoms. The second-order valence-electron chi connectivity index (χ2n) is 6.59. The van der Waals surface area contributed by atoms with Gasteiger partial charge in [0, 0.05) is 0 Å². The fraction of sp³-hybridized carbons (Fsp3) is 0.300. The topological polar surface area (TPSA) is 73.9 Å². The Morgan fingerprint density at radius 1 is 1.25 bits per heavy atom. The van der Waals surface area contributed by atoms with Gasteiger partial charge in [0.1, 0.15) is 18.5 Å². The van der Waals surface area contributed by atoms with Crippen molar-refractivity contribution >= 4 is 23.5 Å². The number of ether oxygens (including phenoxy) is 3. The van der Waals surface area contributed by atoms with Gasteiger partial charge in [0.2, 0.25) is 6.79 Å². The maximum atomic E-state index is 13.8. The van der Waals surface area contributed by atoms with Crippen LogP contribution in [-0.2, 0) is 16.1 Å². The number of nitrogens with one attached hydrogen (secondary N) is 1. The summed E-state index contributed by atoms with van der Waals surface area (Å²) in [5.41, 5.74) is 0.481. The van der Waals surface area contributed by atoms with Crippen LogP contribution in [0.25, 0.3) is 0 Å². The predicted octanol–water partition coefficient (Wildman–Crippen LogP) is 3.71. The summed E-state index contributed by atoms with van der Waals surface area (Å²) in [7, 11) is 0. The van der Waals surface area contributed by atoms with Crippen LogP contribution in [0.1, 0.15) is 29.8 Å². The lowest BCUT2D eigenvalue weighted by Gasteiger charge is -2.21. The van der Waals surface area contributed by atoms with E-state index in [0.717, 1.165) is 0 Å². The Kier molecular flexibility index (Phi) is 6.04. The normalized spacial score (nSPS) is 13.3. The number of benzene rings is 2. The smallest absolute Gasteiger partial charge is 0.329 e. The van der Waals surface area contributed by atoms with Crippen LogP contribution in [-0.4, -0.2) is 24.7 Å². The van der Waals surface area contributed by atoms with Crippen LogP contribution >= 0.6 is 11.6 Å². The minimum Gasteiger partial charge on any atom is -0.459 e. The lowest BCUT2D eigenvalue weighted by molar-refractivity contribution is -0.148. The molecule has 1 N–H and O–H groups in total. The van der Waals surface area contributed by atoms with Gasteiger partial charge < -0.3 is 19.5 Å². The first-order chi connectivity index (χ1) is 13.4. The summed E-state index contributed by atoms with van der Waals surface area (Å²) in [6, 6.07) is 7.91. The third-order valence-corrected chi connectivity index (χ3v) is 4.47. The van der Waals surface area contributed by atoms with E-state index in [4.69, 9.17) is 25.8 Å². The quantitative estimate of drug-likeness (QED) is 0.739. The molecule has 1 heterocycles. The molecule has 0 aliphatic carbocycles. The molecule has 1 aliphatic rings. The first kappa shape index (κ1) is 19.9. The SMILES string of the molecule is CC(C)[C@H](NC(=O)c1ccccc1F)C(=O)OCc1cc(Cl)c2c(c1)OCO2. The van der Waals surface area contributed by atoms with Crippen LogP contribution in [0.15, 0.2) is 36.4 Å². The molecule has 0 bridgehead atoms. The van der Waals surface area contributed by atoms with E-state index < -0.39 is 23.7 Å². The van der Waals surface area contributed by atoms with E-state index in [0.29, 0.717) is 22.1 Å². The molecular weight excluding hydrogens is 389 g/mol. The molecule has 1 aliphatic heterocycles. The number of amides is 1. The average Bonchev–Trinajstić information content (AvgIpc) is 3.13. The van der Waals surface area contributed by atoms with Crippen LogP contribution in [0.4, 0.5) is 4.39 Å². The standard InChI is InChI=1S/C20H19ClFNO5/c1-11(2)17(23-19(24)13-5-3-4-6-15(13)22)20(25)26-9-12-7-14(21)18-16(8-12)27-10-28-18/h3-8,11,17H,9-10H2,1-2H3,(H,23,24)/t17-/m0/s1. The molecule has 0 spiro atoms. The minimum atomic E-state index is -0.934. The van der Waals surface area contributed by atoms with E-state index in [1.165, 1.54) is 18.2 Å². The summed E-state index contributed by atoms with van der Waals surface area (Å²) in [4.78, 5) is 24.8. The second-order valence-corrected chi connectivity index (χ2v) is 7.00. The highest BCUT2D eigenvalue weighted by atomic mass is 35.5. The number of hydrogen-bond acceptors (Lipinski definition) is 5. The summed E-state index contributed by atoms with van der Waals surface area (Å²) in [6.45, 7) is 3.53. The molecule has 148 valence electrons. The molecular formula is C20H19ClFNO5. The Labute approximate surface area is 166 Å². The number of esters is 1. The first-order valence-electron chi connectivity index (χ1n) is 8.67. The maximum absolute atomic E-state index is 13.8. The summed E-state index contributed by atoms with van der Waals surface area (Å²) >= 11 is 6.12. The summed E-state index contributed by atoms with van der Waals surface area (Å²) in [6.07, 6.45) is 0. The van der Waals surface area contributed by atoms with E-state index in [1.807, 2.05) is 0 Å². The van der Waals surface area contributed by atoms with Crippen LogP contribution in [0.3, 0.4) is 0 Å². The number of carbonyl (C=O) groups excluding carboxylic acids is 2. The van der Waals surface area contributed by atoms with Crippen LogP contribution in [0, 0.1) is 11.7 Å². The van der Waals surface area contributed by atoms with E-state index in [2.05, 4.69) is 5.32 Å². The minimum absolute atomic E-state index is 0.0615. The zero-order chi connectivity index (χ0) is 20.3. The van der Waals surface area contributed by atoms with Crippen molar-refractivity contribution in [3.05, 3.63) is 58.4 Å². The maximum Gasteiger partial charge on any atom is 0.329 e. The van der Waals surface area contributed by atoms with Gasteiger partial charge in [-0.2, -0.15) is 0 Å². The van der Waals surface area contributed by atoms with E-state index in [9.17, 15) is 14.0 Å². The number of hydrogen-bond donors (Lipinski definition) is 1. The Bertz CT molecular complexity index is 902.